The Bertz CT molecular complexity index is 1010. The van der Waals surface area contributed by atoms with E-state index in [0.717, 1.165) is 21.9 Å². The van der Waals surface area contributed by atoms with Gasteiger partial charge >= 0.3 is 5.69 Å². The molecule has 1 aromatic carbocycles. The average Bonchev–Trinajstić information content (AvgIpc) is 2.90. The van der Waals surface area contributed by atoms with Crippen molar-refractivity contribution in [3.05, 3.63) is 56.2 Å². The molecule has 24 heavy (non-hydrogen) atoms. The second-order valence-electron chi connectivity index (χ2n) is 5.92. The lowest BCUT2D eigenvalue weighted by molar-refractivity contribution is 0.705. The molecule has 0 fully saturated rings. The highest BCUT2D eigenvalue weighted by Crippen LogP contribution is 2.21. The Morgan fingerprint density at radius 1 is 1.00 bits per heavy atom. The number of nitrogens with zero attached hydrogens (tertiary/aromatic N) is 4. The number of aromatic nitrogens is 4. The number of hydrogen-bond acceptors (Lipinski definition) is 4. The third-order valence-electron chi connectivity index (χ3n) is 4.18. The fraction of sp³-hybridized carbons (Fsp3) is 0.353. The van der Waals surface area contributed by atoms with Gasteiger partial charge in [-0.1, -0.05) is 41.6 Å². The summed E-state index contributed by atoms with van der Waals surface area (Å²) in [7, 11) is 4.94. The molecule has 0 spiro atoms. The molecule has 0 bridgehead atoms. The van der Waals surface area contributed by atoms with Crippen molar-refractivity contribution >= 4 is 22.9 Å². The van der Waals surface area contributed by atoms with Crippen LogP contribution in [0.4, 0.5) is 0 Å². The number of hydrogen-bond donors (Lipinski definition) is 0. The highest BCUT2D eigenvalue weighted by Gasteiger charge is 2.16. The van der Waals surface area contributed by atoms with Crippen LogP contribution < -0.4 is 11.2 Å². The number of rotatable bonds is 4. The Labute approximate surface area is 143 Å². The summed E-state index contributed by atoms with van der Waals surface area (Å²) in [6.07, 6.45) is 0.922. The molecule has 0 radical (unpaired) electrons. The average molecular weight is 344 g/mol. The van der Waals surface area contributed by atoms with E-state index in [0.29, 0.717) is 11.2 Å². The first-order valence-electron chi connectivity index (χ1n) is 7.71. The summed E-state index contributed by atoms with van der Waals surface area (Å²) in [4.78, 5) is 28.9. The zero-order valence-corrected chi connectivity index (χ0v) is 15.1. The third kappa shape index (κ3) is 2.80. The maximum absolute atomic E-state index is 12.3. The first-order chi connectivity index (χ1) is 11.4. The zero-order valence-electron chi connectivity index (χ0n) is 14.2. The van der Waals surface area contributed by atoms with Crippen molar-refractivity contribution in [3.8, 4) is 0 Å². The van der Waals surface area contributed by atoms with Crippen LogP contribution in [-0.4, -0.2) is 24.4 Å². The fourth-order valence-electron chi connectivity index (χ4n) is 2.64. The van der Waals surface area contributed by atoms with Crippen molar-refractivity contribution in [2.45, 2.75) is 18.5 Å². The van der Waals surface area contributed by atoms with Crippen LogP contribution >= 0.6 is 11.8 Å². The molecule has 3 rings (SSSR count). The normalized spacial score (nSPS) is 11.3. The van der Waals surface area contributed by atoms with E-state index in [1.165, 1.54) is 22.7 Å². The topological polar surface area (TPSA) is 61.8 Å². The summed E-state index contributed by atoms with van der Waals surface area (Å²) in [5.74, 6) is 0.856. The van der Waals surface area contributed by atoms with Gasteiger partial charge in [0, 0.05) is 26.9 Å². The standard InChI is InChI=1S/C17H20N4O2S/c1-11-5-7-12(8-6-11)9-10-24-16-18-14-13(19(16)2)15(22)21(4)17(23)20(14)3/h5-8H,9-10H2,1-4H3. The van der Waals surface area contributed by atoms with E-state index in [1.54, 1.807) is 23.4 Å². The van der Waals surface area contributed by atoms with E-state index in [2.05, 4.69) is 36.2 Å². The number of benzene rings is 1. The Kier molecular flexibility index (Phi) is 4.36. The van der Waals surface area contributed by atoms with E-state index >= 15 is 0 Å². The van der Waals surface area contributed by atoms with E-state index in [-0.39, 0.29) is 11.2 Å². The van der Waals surface area contributed by atoms with Crippen LogP contribution in [0.2, 0.25) is 0 Å². The van der Waals surface area contributed by atoms with Crippen molar-refractivity contribution in [1.82, 2.24) is 18.7 Å². The van der Waals surface area contributed by atoms with Gasteiger partial charge in [0.1, 0.15) is 0 Å². The highest BCUT2D eigenvalue weighted by atomic mass is 32.2. The van der Waals surface area contributed by atoms with Gasteiger partial charge in [-0.05, 0) is 18.9 Å². The van der Waals surface area contributed by atoms with E-state index in [1.807, 2.05) is 7.05 Å². The summed E-state index contributed by atoms with van der Waals surface area (Å²) in [6.45, 7) is 2.07. The highest BCUT2D eigenvalue weighted by molar-refractivity contribution is 7.99. The minimum absolute atomic E-state index is 0.312. The first-order valence-corrected chi connectivity index (χ1v) is 8.69. The Hall–Kier alpha value is -2.28. The van der Waals surface area contributed by atoms with Gasteiger partial charge < -0.3 is 4.57 Å². The number of fused-ring (bicyclic) bond motifs is 1. The first kappa shape index (κ1) is 16.6. The van der Waals surface area contributed by atoms with E-state index < -0.39 is 0 Å². The molecule has 2 heterocycles. The van der Waals surface area contributed by atoms with E-state index in [4.69, 9.17) is 0 Å². The molecular weight excluding hydrogens is 324 g/mol. The molecule has 2 aromatic heterocycles. The molecule has 0 amide bonds. The molecule has 6 nitrogen and oxygen atoms in total. The van der Waals surface area contributed by atoms with Gasteiger partial charge in [-0.25, -0.2) is 9.78 Å². The van der Waals surface area contributed by atoms with Gasteiger partial charge in [-0.15, -0.1) is 0 Å². The molecule has 3 aromatic rings. The van der Waals surface area contributed by atoms with Crippen molar-refractivity contribution in [3.63, 3.8) is 0 Å². The quantitative estimate of drug-likeness (QED) is 0.675. The minimum Gasteiger partial charge on any atom is -0.316 e. The lowest BCUT2D eigenvalue weighted by Crippen LogP contribution is -2.37. The van der Waals surface area contributed by atoms with Crippen LogP contribution in [0.3, 0.4) is 0 Å². The Balaban J connectivity index is 1.88. The second kappa shape index (κ2) is 6.32. The van der Waals surface area contributed by atoms with Gasteiger partial charge in [-0.2, -0.15) is 0 Å². The summed E-state index contributed by atoms with van der Waals surface area (Å²) in [5.41, 5.74) is 2.74. The predicted octanol–water partition coefficient (Wildman–Crippen LogP) is 1.61. The van der Waals surface area contributed by atoms with Crippen LogP contribution in [0.15, 0.2) is 39.0 Å². The largest absolute Gasteiger partial charge is 0.332 e. The maximum Gasteiger partial charge on any atom is 0.332 e. The van der Waals surface area contributed by atoms with Gasteiger partial charge in [0.2, 0.25) is 0 Å². The molecule has 0 saturated heterocycles. The molecule has 7 heteroatoms. The molecular formula is C17H20N4O2S. The molecule has 0 aliphatic heterocycles. The molecule has 0 aliphatic carbocycles. The Morgan fingerprint density at radius 2 is 1.67 bits per heavy atom. The van der Waals surface area contributed by atoms with Crippen molar-refractivity contribution in [1.29, 1.82) is 0 Å². The van der Waals surface area contributed by atoms with Crippen LogP contribution in [0.5, 0.6) is 0 Å². The number of aryl methyl sites for hydroxylation is 4. The molecule has 0 N–H and O–H groups in total. The molecule has 0 atom stereocenters. The van der Waals surface area contributed by atoms with Crippen LogP contribution in [-0.2, 0) is 27.6 Å². The Morgan fingerprint density at radius 3 is 2.33 bits per heavy atom. The van der Waals surface area contributed by atoms with Gasteiger partial charge in [-0.3, -0.25) is 13.9 Å². The second-order valence-corrected chi connectivity index (χ2v) is 6.98. The predicted molar refractivity (Wildman–Crippen MR) is 96.8 cm³/mol. The lowest BCUT2D eigenvalue weighted by Gasteiger charge is -2.04. The smallest absolute Gasteiger partial charge is 0.316 e. The summed E-state index contributed by atoms with van der Waals surface area (Å²) in [5, 5.41) is 0.746. The SMILES string of the molecule is Cc1ccc(CCSc2nc3c(c(=O)n(C)c(=O)n3C)n2C)cc1. The van der Waals surface area contributed by atoms with E-state index in [9.17, 15) is 9.59 Å². The molecule has 126 valence electrons. The van der Waals surface area contributed by atoms with Crippen molar-refractivity contribution in [2.24, 2.45) is 21.1 Å². The van der Waals surface area contributed by atoms with Crippen molar-refractivity contribution in [2.75, 3.05) is 5.75 Å². The lowest BCUT2D eigenvalue weighted by atomic mass is 10.1. The molecule has 0 unspecified atom stereocenters. The summed E-state index contributed by atoms with van der Waals surface area (Å²) >= 11 is 1.59. The fourth-order valence-corrected chi connectivity index (χ4v) is 3.60. The molecule has 0 aliphatic rings. The molecule has 0 saturated carbocycles. The monoisotopic (exact) mass is 344 g/mol. The van der Waals surface area contributed by atoms with Crippen LogP contribution in [0, 0.1) is 6.92 Å². The van der Waals surface area contributed by atoms with Crippen LogP contribution in [0.1, 0.15) is 11.1 Å². The van der Waals surface area contributed by atoms with Crippen LogP contribution in [0.25, 0.3) is 11.2 Å². The summed E-state index contributed by atoms with van der Waals surface area (Å²) < 4.78 is 4.31. The zero-order chi connectivity index (χ0) is 17.4. The van der Waals surface area contributed by atoms with Gasteiger partial charge in [0.15, 0.2) is 16.3 Å². The maximum atomic E-state index is 12.3. The number of thioether (sulfide) groups is 1. The minimum atomic E-state index is -0.359. The summed E-state index contributed by atoms with van der Waals surface area (Å²) in [6, 6.07) is 8.47. The third-order valence-corrected chi connectivity index (χ3v) is 5.21. The van der Waals surface area contributed by atoms with Gasteiger partial charge in [0.25, 0.3) is 5.56 Å². The van der Waals surface area contributed by atoms with Crippen molar-refractivity contribution < 1.29 is 0 Å². The van der Waals surface area contributed by atoms with Gasteiger partial charge in [0.05, 0.1) is 0 Å². The number of imidazole rings is 1.